The van der Waals surface area contributed by atoms with Gasteiger partial charge >= 0.3 is 12.8 Å². The monoisotopic (exact) mass is 383 g/mol. The van der Waals surface area contributed by atoms with Crippen LogP contribution in [-0.2, 0) is 12.7 Å². The molecule has 1 amide bonds. The summed E-state index contributed by atoms with van der Waals surface area (Å²) in [6, 6.07) is 3.28. The molecule has 25 heavy (non-hydrogen) atoms. The van der Waals surface area contributed by atoms with Crippen molar-refractivity contribution in [2.45, 2.75) is 26.3 Å². The summed E-state index contributed by atoms with van der Waals surface area (Å²) in [4.78, 5) is 12.4. The molecule has 0 spiro atoms. The molecule has 2 aromatic rings. The molecule has 136 valence electrons. The second kappa shape index (κ2) is 7.34. The Hall–Kier alpha value is -2.23. The SMILES string of the molecule is Cc1cc(OC(F)F)c(C(=O)NCc2ccc(F)cc2C(F)(F)F)s1. The topological polar surface area (TPSA) is 38.3 Å². The number of amides is 1. The molecule has 1 N–H and O–H groups in total. The number of aryl methyl sites for hydroxylation is 1. The van der Waals surface area contributed by atoms with Crippen molar-refractivity contribution in [3.63, 3.8) is 0 Å². The summed E-state index contributed by atoms with van der Waals surface area (Å²) in [6.45, 7) is -2.14. The second-order valence-electron chi connectivity index (χ2n) is 4.91. The fourth-order valence-corrected chi connectivity index (χ4v) is 2.92. The van der Waals surface area contributed by atoms with Crippen LogP contribution in [0.15, 0.2) is 24.3 Å². The van der Waals surface area contributed by atoms with Crippen LogP contribution in [0.25, 0.3) is 0 Å². The lowest BCUT2D eigenvalue weighted by atomic mass is 10.1. The number of halogens is 6. The Morgan fingerprint density at radius 1 is 1.28 bits per heavy atom. The summed E-state index contributed by atoms with van der Waals surface area (Å²) in [6.07, 6.45) is -4.80. The van der Waals surface area contributed by atoms with Crippen molar-refractivity contribution >= 4 is 17.2 Å². The van der Waals surface area contributed by atoms with Crippen LogP contribution in [0, 0.1) is 12.7 Å². The first kappa shape index (κ1) is 19.1. The van der Waals surface area contributed by atoms with Crippen LogP contribution in [0.1, 0.15) is 25.7 Å². The van der Waals surface area contributed by atoms with Crippen molar-refractivity contribution in [1.82, 2.24) is 5.32 Å². The van der Waals surface area contributed by atoms with Gasteiger partial charge in [0.05, 0.1) is 5.56 Å². The second-order valence-corrected chi connectivity index (χ2v) is 6.17. The Morgan fingerprint density at radius 2 is 1.96 bits per heavy atom. The minimum Gasteiger partial charge on any atom is -0.433 e. The maximum absolute atomic E-state index is 13.0. The number of nitrogens with one attached hydrogen (secondary N) is 1. The Bertz CT molecular complexity index is 772. The third-order valence-electron chi connectivity index (χ3n) is 3.06. The van der Waals surface area contributed by atoms with Gasteiger partial charge in [-0.25, -0.2) is 4.39 Å². The molecule has 0 unspecified atom stereocenters. The number of rotatable bonds is 5. The van der Waals surface area contributed by atoms with Crippen molar-refractivity contribution in [3.8, 4) is 5.75 Å². The average molecular weight is 383 g/mol. The molecule has 0 atom stereocenters. The van der Waals surface area contributed by atoms with Gasteiger partial charge in [-0.3, -0.25) is 4.79 Å². The predicted octanol–water partition coefficient (Wildman–Crippen LogP) is 4.75. The van der Waals surface area contributed by atoms with Crippen molar-refractivity contribution in [2.24, 2.45) is 0 Å². The van der Waals surface area contributed by atoms with Gasteiger partial charge in [-0.05, 0) is 30.7 Å². The normalized spacial score (nSPS) is 11.7. The zero-order chi connectivity index (χ0) is 18.8. The van der Waals surface area contributed by atoms with Crippen molar-refractivity contribution in [2.75, 3.05) is 0 Å². The summed E-state index contributed by atoms with van der Waals surface area (Å²) >= 11 is 0.859. The van der Waals surface area contributed by atoms with Crippen LogP contribution in [0.3, 0.4) is 0 Å². The molecule has 1 aromatic heterocycles. The van der Waals surface area contributed by atoms with E-state index in [0.717, 1.165) is 23.5 Å². The van der Waals surface area contributed by atoms with E-state index in [9.17, 15) is 31.1 Å². The number of alkyl halides is 5. The highest BCUT2D eigenvalue weighted by atomic mass is 32.1. The fraction of sp³-hybridized carbons (Fsp3) is 0.267. The van der Waals surface area contributed by atoms with Gasteiger partial charge in [-0.15, -0.1) is 11.3 Å². The fourth-order valence-electron chi connectivity index (χ4n) is 2.06. The lowest BCUT2D eigenvalue weighted by Crippen LogP contribution is -2.24. The summed E-state index contributed by atoms with van der Waals surface area (Å²) in [5.74, 6) is -2.29. The van der Waals surface area contributed by atoms with E-state index in [1.807, 2.05) is 0 Å². The van der Waals surface area contributed by atoms with Crippen molar-refractivity contribution < 1.29 is 35.9 Å². The van der Waals surface area contributed by atoms with E-state index >= 15 is 0 Å². The van der Waals surface area contributed by atoms with Gasteiger partial charge in [0.15, 0.2) is 0 Å². The van der Waals surface area contributed by atoms with E-state index in [-0.39, 0.29) is 16.2 Å². The first-order valence-electron chi connectivity index (χ1n) is 6.77. The molecule has 0 aliphatic carbocycles. The van der Waals surface area contributed by atoms with Gasteiger partial charge < -0.3 is 10.1 Å². The number of carbonyl (C=O) groups is 1. The van der Waals surface area contributed by atoms with Gasteiger partial charge in [0, 0.05) is 11.4 Å². The zero-order valence-electron chi connectivity index (χ0n) is 12.6. The lowest BCUT2D eigenvalue weighted by Gasteiger charge is -2.13. The minimum absolute atomic E-state index is 0.187. The van der Waals surface area contributed by atoms with Crippen LogP contribution in [-0.4, -0.2) is 12.5 Å². The van der Waals surface area contributed by atoms with Crippen LogP contribution < -0.4 is 10.1 Å². The summed E-state index contributed by atoms with van der Waals surface area (Å²) in [7, 11) is 0. The molecule has 3 nitrogen and oxygen atoms in total. The molecule has 0 bridgehead atoms. The molecule has 10 heteroatoms. The Kier molecular flexibility index (Phi) is 5.61. The maximum Gasteiger partial charge on any atom is 0.416 e. The van der Waals surface area contributed by atoms with Gasteiger partial charge in [0.25, 0.3) is 5.91 Å². The number of ether oxygens (including phenoxy) is 1. The smallest absolute Gasteiger partial charge is 0.416 e. The molecule has 1 aromatic carbocycles. The highest BCUT2D eigenvalue weighted by Gasteiger charge is 2.33. The minimum atomic E-state index is -4.80. The van der Waals surface area contributed by atoms with E-state index in [1.165, 1.54) is 6.07 Å². The van der Waals surface area contributed by atoms with E-state index in [2.05, 4.69) is 10.1 Å². The number of hydrogen-bond acceptors (Lipinski definition) is 3. The quantitative estimate of drug-likeness (QED) is 0.757. The number of carbonyl (C=O) groups excluding carboxylic acids is 1. The van der Waals surface area contributed by atoms with Gasteiger partial charge in [0.1, 0.15) is 16.4 Å². The molecule has 0 saturated heterocycles. The third kappa shape index (κ3) is 4.88. The highest BCUT2D eigenvalue weighted by Crippen LogP contribution is 2.33. The van der Waals surface area contributed by atoms with Gasteiger partial charge in [-0.2, -0.15) is 22.0 Å². The molecule has 0 aliphatic heterocycles. The maximum atomic E-state index is 13.0. The number of thiophene rings is 1. The average Bonchev–Trinajstić information content (AvgIpc) is 2.84. The molecule has 0 saturated carbocycles. The Labute approximate surface area is 142 Å². The van der Waals surface area contributed by atoms with Gasteiger partial charge in [0.2, 0.25) is 0 Å². The van der Waals surface area contributed by atoms with Crippen LogP contribution in [0.4, 0.5) is 26.3 Å². The van der Waals surface area contributed by atoms with E-state index in [4.69, 9.17) is 0 Å². The first-order valence-corrected chi connectivity index (χ1v) is 7.58. The lowest BCUT2D eigenvalue weighted by molar-refractivity contribution is -0.138. The molecule has 1 heterocycles. The molecule has 0 radical (unpaired) electrons. The first-order chi connectivity index (χ1) is 11.6. The van der Waals surface area contributed by atoms with E-state index in [0.29, 0.717) is 10.9 Å². The predicted molar refractivity (Wildman–Crippen MR) is 78.3 cm³/mol. The van der Waals surface area contributed by atoms with E-state index in [1.54, 1.807) is 6.92 Å². The van der Waals surface area contributed by atoms with Gasteiger partial charge in [-0.1, -0.05) is 6.07 Å². The zero-order valence-corrected chi connectivity index (χ0v) is 13.4. The van der Waals surface area contributed by atoms with Crippen LogP contribution >= 0.6 is 11.3 Å². The third-order valence-corrected chi connectivity index (χ3v) is 4.09. The van der Waals surface area contributed by atoms with Crippen molar-refractivity contribution in [1.29, 1.82) is 0 Å². The molecule has 2 rings (SSSR count). The Balaban J connectivity index is 2.19. The highest BCUT2D eigenvalue weighted by molar-refractivity contribution is 7.14. The summed E-state index contributed by atoms with van der Waals surface area (Å²) < 4.78 is 80.7. The largest absolute Gasteiger partial charge is 0.433 e. The molecular weight excluding hydrogens is 372 g/mol. The standard InChI is InChI=1S/C15H11F6NO2S/c1-7-4-11(24-14(17)18)12(25-7)13(23)22-6-8-2-3-9(16)5-10(8)15(19,20)21/h2-5,14H,6H2,1H3,(H,22,23). The Morgan fingerprint density at radius 3 is 2.56 bits per heavy atom. The van der Waals surface area contributed by atoms with Crippen LogP contribution in [0.2, 0.25) is 0 Å². The molecular formula is C15H11F6NO2S. The van der Waals surface area contributed by atoms with Crippen LogP contribution in [0.5, 0.6) is 5.75 Å². The van der Waals surface area contributed by atoms with E-state index < -0.39 is 36.6 Å². The molecule has 0 fully saturated rings. The molecule has 0 aliphatic rings. The van der Waals surface area contributed by atoms with Crippen molar-refractivity contribution in [3.05, 3.63) is 51.0 Å². The number of hydrogen-bond donors (Lipinski definition) is 1. The summed E-state index contributed by atoms with van der Waals surface area (Å²) in [5, 5.41) is 2.20. The summed E-state index contributed by atoms with van der Waals surface area (Å²) in [5.41, 5.74) is -1.58. The number of benzene rings is 1.